The number of rotatable bonds is 9. The van der Waals surface area contributed by atoms with Gasteiger partial charge in [-0.3, -0.25) is 4.99 Å². The van der Waals surface area contributed by atoms with Gasteiger partial charge in [-0.15, -0.1) is 11.3 Å². The molecule has 0 saturated heterocycles. The zero-order valence-electron chi connectivity index (χ0n) is 12.7. The molecule has 20 heavy (non-hydrogen) atoms. The Morgan fingerprint density at radius 1 is 1.40 bits per heavy atom. The maximum Gasteiger partial charge on any atom is 0.191 e. The molecule has 5 nitrogen and oxygen atoms in total. The minimum absolute atomic E-state index is 0.752. The van der Waals surface area contributed by atoms with Crippen LogP contribution in [-0.2, 0) is 17.6 Å². The number of nitrogens with one attached hydrogen (secondary N) is 2. The second-order valence-electron chi connectivity index (χ2n) is 4.37. The van der Waals surface area contributed by atoms with Crippen LogP contribution in [0, 0.1) is 0 Å². The van der Waals surface area contributed by atoms with Gasteiger partial charge in [0.05, 0.1) is 10.7 Å². The van der Waals surface area contributed by atoms with E-state index in [4.69, 9.17) is 4.74 Å². The van der Waals surface area contributed by atoms with Crippen LogP contribution in [0.25, 0.3) is 0 Å². The quantitative estimate of drug-likeness (QED) is 0.415. The van der Waals surface area contributed by atoms with E-state index in [2.05, 4.69) is 39.8 Å². The minimum atomic E-state index is 0.752. The van der Waals surface area contributed by atoms with E-state index < -0.39 is 0 Å². The van der Waals surface area contributed by atoms with Crippen LogP contribution in [0.5, 0.6) is 0 Å². The van der Waals surface area contributed by atoms with Crippen molar-refractivity contribution in [1.29, 1.82) is 0 Å². The van der Waals surface area contributed by atoms with Gasteiger partial charge in [0.25, 0.3) is 0 Å². The lowest BCUT2D eigenvalue weighted by molar-refractivity contribution is 0.197. The van der Waals surface area contributed by atoms with Gasteiger partial charge in [-0.1, -0.05) is 6.92 Å². The third kappa shape index (κ3) is 6.86. The number of aliphatic imine (C=N–C) groups is 1. The number of hydrogen-bond donors (Lipinski definition) is 2. The maximum atomic E-state index is 5.02. The Bertz CT molecular complexity index is 392. The second kappa shape index (κ2) is 10.6. The second-order valence-corrected chi connectivity index (χ2v) is 5.31. The first-order valence-corrected chi connectivity index (χ1v) is 8.12. The first-order chi connectivity index (χ1) is 9.80. The molecule has 0 unspecified atom stereocenters. The van der Waals surface area contributed by atoms with Crippen LogP contribution >= 0.6 is 11.3 Å². The van der Waals surface area contributed by atoms with Gasteiger partial charge in [-0.2, -0.15) is 0 Å². The number of nitrogens with zero attached hydrogens (tertiary/aromatic N) is 2. The number of methoxy groups -OCH3 is 1. The SMILES string of the molecule is CCNC(=NCCCOC)NCCc1csc(CC)n1. The molecule has 0 spiro atoms. The standard InChI is InChI=1S/C14H26N4OS/c1-4-13-18-12(11-20-13)7-9-17-14(15-5-2)16-8-6-10-19-3/h11H,4-10H2,1-3H3,(H2,15,16,17). The summed E-state index contributed by atoms with van der Waals surface area (Å²) < 4.78 is 5.02. The van der Waals surface area contributed by atoms with Gasteiger partial charge < -0.3 is 15.4 Å². The van der Waals surface area contributed by atoms with Crippen LogP contribution in [0.4, 0.5) is 0 Å². The van der Waals surface area contributed by atoms with Crippen LogP contribution in [-0.4, -0.2) is 44.3 Å². The molecule has 0 fully saturated rings. The van der Waals surface area contributed by atoms with Crippen molar-refractivity contribution in [3.63, 3.8) is 0 Å². The third-order valence-corrected chi connectivity index (χ3v) is 3.74. The highest BCUT2D eigenvalue weighted by molar-refractivity contribution is 7.09. The molecule has 1 aromatic heterocycles. The number of ether oxygens (including phenoxy) is 1. The van der Waals surface area contributed by atoms with Crippen molar-refractivity contribution in [1.82, 2.24) is 15.6 Å². The number of hydrogen-bond acceptors (Lipinski definition) is 4. The molecule has 0 atom stereocenters. The van der Waals surface area contributed by atoms with E-state index in [1.165, 1.54) is 5.01 Å². The highest BCUT2D eigenvalue weighted by Crippen LogP contribution is 2.10. The Labute approximate surface area is 125 Å². The zero-order chi connectivity index (χ0) is 14.6. The van der Waals surface area contributed by atoms with E-state index in [1.54, 1.807) is 18.4 Å². The van der Waals surface area contributed by atoms with E-state index in [0.29, 0.717) is 0 Å². The molecular weight excluding hydrogens is 272 g/mol. The van der Waals surface area contributed by atoms with Crippen molar-refractivity contribution in [3.8, 4) is 0 Å². The Kier molecular flexibility index (Phi) is 8.98. The van der Waals surface area contributed by atoms with Gasteiger partial charge in [0.15, 0.2) is 5.96 Å². The fourth-order valence-corrected chi connectivity index (χ4v) is 2.46. The fourth-order valence-electron chi connectivity index (χ4n) is 1.68. The Morgan fingerprint density at radius 3 is 2.90 bits per heavy atom. The predicted octanol–water partition coefficient (Wildman–Crippen LogP) is 1.84. The lowest BCUT2D eigenvalue weighted by atomic mass is 10.3. The number of aryl methyl sites for hydroxylation is 1. The van der Waals surface area contributed by atoms with Gasteiger partial charge >= 0.3 is 0 Å². The smallest absolute Gasteiger partial charge is 0.191 e. The maximum absolute atomic E-state index is 5.02. The largest absolute Gasteiger partial charge is 0.385 e. The molecule has 1 heterocycles. The summed E-state index contributed by atoms with van der Waals surface area (Å²) in [7, 11) is 1.71. The van der Waals surface area contributed by atoms with Crippen molar-refractivity contribution in [2.75, 3.05) is 33.4 Å². The highest BCUT2D eigenvalue weighted by Gasteiger charge is 2.01. The summed E-state index contributed by atoms with van der Waals surface area (Å²) in [5, 5.41) is 9.93. The number of thiazole rings is 1. The van der Waals surface area contributed by atoms with Gasteiger partial charge in [-0.05, 0) is 19.8 Å². The van der Waals surface area contributed by atoms with Gasteiger partial charge in [0, 0.05) is 45.2 Å². The van der Waals surface area contributed by atoms with Crippen molar-refractivity contribution >= 4 is 17.3 Å². The molecule has 0 aliphatic heterocycles. The van der Waals surface area contributed by atoms with Gasteiger partial charge in [-0.25, -0.2) is 4.98 Å². The van der Waals surface area contributed by atoms with E-state index in [9.17, 15) is 0 Å². The summed E-state index contributed by atoms with van der Waals surface area (Å²) in [4.78, 5) is 9.06. The Hall–Kier alpha value is -1.14. The molecule has 0 aromatic carbocycles. The first-order valence-electron chi connectivity index (χ1n) is 7.24. The first kappa shape index (κ1) is 16.9. The molecule has 2 N–H and O–H groups in total. The lowest BCUT2D eigenvalue weighted by Crippen LogP contribution is -2.38. The average Bonchev–Trinajstić information content (AvgIpc) is 2.91. The molecule has 1 aromatic rings. The zero-order valence-corrected chi connectivity index (χ0v) is 13.6. The van der Waals surface area contributed by atoms with E-state index in [0.717, 1.165) is 57.2 Å². The summed E-state index contributed by atoms with van der Waals surface area (Å²) in [6.45, 7) is 7.45. The minimum Gasteiger partial charge on any atom is -0.385 e. The van der Waals surface area contributed by atoms with Crippen LogP contribution < -0.4 is 10.6 Å². The summed E-state index contributed by atoms with van der Waals surface area (Å²) in [5.41, 5.74) is 1.16. The Morgan fingerprint density at radius 2 is 2.25 bits per heavy atom. The summed E-state index contributed by atoms with van der Waals surface area (Å²) >= 11 is 1.74. The number of aromatic nitrogens is 1. The van der Waals surface area contributed by atoms with Gasteiger partial charge in [0.2, 0.25) is 0 Å². The molecule has 0 bridgehead atoms. The van der Waals surface area contributed by atoms with Crippen LogP contribution in [0.15, 0.2) is 10.4 Å². The topological polar surface area (TPSA) is 58.5 Å². The molecule has 1 rings (SSSR count). The fraction of sp³-hybridized carbons (Fsp3) is 0.714. The molecule has 0 radical (unpaired) electrons. The Balaban J connectivity index is 2.30. The molecular formula is C14H26N4OS. The van der Waals surface area contributed by atoms with Crippen LogP contribution in [0.3, 0.4) is 0 Å². The van der Waals surface area contributed by atoms with Crippen molar-refractivity contribution < 1.29 is 4.74 Å². The number of guanidine groups is 1. The van der Waals surface area contributed by atoms with Crippen molar-refractivity contribution in [3.05, 3.63) is 16.1 Å². The van der Waals surface area contributed by atoms with E-state index in [-0.39, 0.29) is 0 Å². The molecule has 0 aliphatic carbocycles. The third-order valence-electron chi connectivity index (χ3n) is 2.70. The van der Waals surface area contributed by atoms with Crippen molar-refractivity contribution in [2.24, 2.45) is 4.99 Å². The molecule has 6 heteroatoms. The molecule has 0 saturated carbocycles. The highest BCUT2D eigenvalue weighted by atomic mass is 32.1. The summed E-state index contributed by atoms with van der Waals surface area (Å²) in [5.74, 6) is 0.870. The van der Waals surface area contributed by atoms with Crippen molar-refractivity contribution in [2.45, 2.75) is 33.1 Å². The van der Waals surface area contributed by atoms with Crippen LogP contribution in [0.1, 0.15) is 31.0 Å². The average molecular weight is 298 g/mol. The van der Waals surface area contributed by atoms with Gasteiger partial charge in [0.1, 0.15) is 0 Å². The molecule has 114 valence electrons. The summed E-state index contributed by atoms with van der Waals surface area (Å²) in [6.07, 6.45) is 2.89. The van der Waals surface area contributed by atoms with E-state index in [1.807, 2.05) is 0 Å². The van der Waals surface area contributed by atoms with E-state index >= 15 is 0 Å². The predicted molar refractivity (Wildman–Crippen MR) is 85.7 cm³/mol. The molecule has 0 amide bonds. The van der Waals surface area contributed by atoms with Crippen LogP contribution in [0.2, 0.25) is 0 Å². The monoisotopic (exact) mass is 298 g/mol. The molecule has 0 aliphatic rings. The summed E-state index contributed by atoms with van der Waals surface area (Å²) in [6, 6.07) is 0. The lowest BCUT2D eigenvalue weighted by Gasteiger charge is -2.10. The normalized spacial score (nSPS) is 11.7.